The molecule has 1 fully saturated rings. The Labute approximate surface area is 140 Å². The van der Waals surface area contributed by atoms with Crippen molar-refractivity contribution < 1.29 is 14.3 Å². The smallest absolute Gasteiger partial charge is 0.248 e. The van der Waals surface area contributed by atoms with Gasteiger partial charge < -0.3 is 10.1 Å². The van der Waals surface area contributed by atoms with Crippen LogP contribution in [0.25, 0.3) is 0 Å². The maximum Gasteiger partial charge on any atom is 0.248 e. The van der Waals surface area contributed by atoms with Gasteiger partial charge in [0.15, 0.2) is 5.17 Å². The molecule has 7 heteroatoms. The second-order valence-corrected chi connectivity index (χ2v) is 6.05. The van der Waals surface area contributed by atoms with Gasteiger partial charge in [-0.05, 0) is 26.0 Å². The molecule has 0 radical (unpaired) electrons. The molecule has 1 atom stereocenters. The second kappa shape index (κ2) is 8.01. The molecule has 0 aromatic heterocycles. The van der Waals surface area contributed by atoms with Crippen molar-refractivity contribution in [1.29, 1.82) is 0 Å². The van der Waals surface area contributed by atoms with Crippen LogP contribution in [0.5, 0.6) is 5.75 Å². The summed E-state index contributed by atoms with van der Waals surface area (Å²) in [5.74, 6) is 0.0598. The monoisotopic (exact) mass is 335 g/mol. The zero-order valence-electron chi connectivity index (χ0n) is 13.5. The number of imide groups is 1. The van der Waals surface area contributed by atoms with Crippen molar-refractivity contribution >= 4 is 34.4 Å². The normalized spacial score (nSPS) is 18.5. The molecule has 0 aliphatic carbocycles. The van der Waals surface area contributed by atoms with Crippen LogP contribution in [0.15, 0.2) is 29.3 Å². The van der Waals surface area contributed by atoms with Gasteiger partial charge in [-0.25, -0.2) is 4.90 Å². The van der Waals surface area contributed by atoms with Crippen LogP contribution in [0.4, 0.5) is 5.69 Å². The highest BCUT2D eigenvalue weighted by molar-refractivity contribution is 8.15. The number of thioether (sulfide) groups is 1. The summed E-state index contributed by atoms with van der Waals surface area (Å²) < 4.78 is 5.26. The van der Waals surface area contributed by atoms with Gasteiger partial charge in [0.2, 0.25) is 11.8 Å². The van der Waals surface area contributed by atoms with E-state index in [-0.39, 0.29) is 18.2 Å². The lowest BCUT2D eigenvalue weighted by molar-refractivity contribution is -0.121. The molecule has 2 amide bonds. The number of anilines is 1. The summed E-state index contributed by atoms with van der Waals surface area (Å²) in [6.45, 7) is 5.24. The van der Waals surface area contributed by atoms with Crippen LogP contribution in [0.2, 0.25) is 0 Å². The van der Waals surface area contributed by atoms with Crippen LogP contribution in [0, 0.1) is 0 Å². The standard InChI is InChI=1S/C16H21N3O3S/c1-4-17-16(18-5-2)23-13-10-14(20)19(15(13)21)11-8-6-7-9-12(11)22-3/h6-9,13H,4-5,10H2,1-3H3,(H,17,18)/t13-/m0/s1. The largest absolute Gasteiger partial charge is 0.495 e. The molecule has 6 nitrogen and oxygen atoms in total. The molecule has 1 aromatic carbocycles. The van der Waals surface area contributed by atoms with Gasteiger partial charge in [0.25, 0.3) is 0 Å². The Balaban J connectivity index is 2.21. The Morgan fingerprint density at radius 1 is 1.39 bits per heavy atom. The number of nitrogens with zero attached hydrogens (tertiary/aromatic N) is 2. The Hall–Kier alpha value is -2.02. The first-order valence-electron chi connectivity index (χ1n) is 7.57. The number of carbonyl (C=O) groups excluding carboxylic acids is 2. The van der Waals surface area contributed by atoms with E-state index in [0.29, 0.717) is 23.1 Å². The highest BCUT2D eigenvalue weighted by atomic mass is 32.2. The van der Waals surface area contributed by atoms with Crippen LogP contribution in [0.3, 0.4) is 0 Å². The predicted octanol–water partition coefficient (Wildman–Crippen LogP) is 2.05. The number of ether oxygens (including phenoxy) is 1. The maximum atomic E-state index is 12.7. The van der Waals surface area contributed by atoms with E-state index in [9.17, 15) is 9.59 Å². The molecule has 2 rings (SSSR count). The number of methoxy groups -OCH3 is 1. The lowest BCUT2D eigenvalue weighted by Gasteiger charge is -2.18. The quantitative estimate of drug-likeness (QED) is 0.506. The molecule has 1 aromatic rings. The molecule has 23 heavy (non-hydrogen) atoms. The molecule has 0 bridgehead atoms. The number of benzene rings is 1. The van der Waals surface area contributed by atoms with Crippen molar-refractivity contribution in [2.75, 3.05) is 25.1 Å². The van der Waals surface area contributed by atoms with E-state index in [4.69, 9.17) is 4.74 Å². The summed E-state index contributed by atoms with van der Waals surface area (Å²) in [4.78, 5) is 30.6. The topological polar surface area (TPSA) is 71.0 Å². The number of carbonyl (C=O) groups is 2. The molecule has 1 N–H and O–H groups in total. The van der Waals surface area contributed by atoms with Crippen molar-refractivity contribution in [3.63, 3.8) is 0 Å². The Morgan fingerprint density at radius 2 is 2.13 bits per heavy atom. The zero-order valence-corrected chi connectivity index (χ0v) is 14.4. The lowest BCUT2D eigenvalue weighted by atomic mass is 10.2. The zero-order chi connectivity index (χ0) is 16.8. The maximum absolute atomic E-state index is 12.7. The minimum atomic E-state index is -0.461. The van der Waals surface area contributed by atoms with Gasteiger partial charge in [-0.2, -0.15) is 0 Å². The van der Waals surface area contributed by atoms with Gasteiger partial charge in [0.1, 0.15) is 11.0 Å². The van der Waals surface area contributed by atoms with E-state index in [1.165, 1.54) is 23.8 Å². The fourth-order valence-corrected chi connectivity index (χ4v) is 3.46. The third-order valence-corrected chi connectivity index (χ3v) is 4.46. The van der Waals surface area contributed by atoms with E-state index >= 15 is 0 Å². The molecule has 124 valence electrons. The summed E-state index contributed by atoms with van der Waals surface area (Å²) in [6.07, 6.45) is 0.162. The van der Waals surface area contributed by atoms with Crippen molar-refractivity contribution in [2.45, 2.75) is 25.5 Å². The Morgan fingerprint density at radius 3 is 2.78 bits per heavy atom. The minimum Gasteiger partial charge on any atom is -0.495 e. The average molecular weight is 335 g/mol. The van der Waals surface area contributed by atoms with E-state index in [1.54, 1.807) is 24.3 Å². The van der Waals surface area contributed by atoms with Crippen molar-refractivity contribution in [3.05, 3.63) is 24.3 Å². The highest BCUT2D eigenvalue weighted by Crippen LogP contribution is 2.35. The van der Waals surface area contributed by atoms with Gasteiger partial charge in [-0.1, -0.05) is 23.9 Å². The molecule has 1 saturated heterocycles. The molecular weight excluding hydrogens is 314 g/mol. The predicted molar refractivity (Wildman–Crippen MR) is 93.1 cm³/mol. The minimum absolute atomic E-state index is 0.162. The summed E-state index contributed by atoms with van der Waals surface area (Å²) in [5, 5.41) is 3.37. The first kappa shape index (κ1) is 17.3. The molecule has 1 aliphatic heterocycles. The van der Waals surface area contributed by atoms with Gasteiger partial charge in [-0.15, -0.1) is 0 Å². The summed E-state index contributed by atoms with van der Waals surface area (Å²) in [7, 11) is 1.52. The summed E-state index contributed by atoms with van der Waals surface area (Å²) in [5.41, 5.74) is 0.491. The summed E-state index contributed by atoms with van der Waals surface area (Å²) >= 11 is 1.31. The van der Waals surface area contributed by atoms with Gasteiger partial charge >= 0.3 is 0 Å². The number of amides is 2. The number of rotatable bonds is 5. The lowest BCUT2D eigenvalue weighted by Crippen LogP contribution is -2.32. The molecule has 1 aliphatic rings. The van der Waals surface area contributed by atoms with Gasteiger partial charge in [0, 0.05) is 19.5 Å². The number of para-hydroxylation sites is 2. The summed E-state index contributed by atoms with van der Waals surface area (Å²) in [6, 6.07) is 7.03. The average Bonchev–Trinajstić information content (AvgIpc) is 2.82. The first-order valence-corrected chi connectivity index (χ1v) is 8.45. The Bertz CT molecular complexity index is 618. The highest BCUT2D eigenvalue weighted by Gasteiger charge is 2.41. The molecule has 0 unspecified atom stereocenters. The van der Waals surface area contributed by atoms with Gasteiger partial charge in [-0.3, -0.25) is 14.6 Å². The fourth-order valence-electron chi connectivity index (χ4n) is 2.33. The molecule has 1 heterocycles. The van der Waals surface area contributed by atoms with Crippen LogP contribution in [-0.2, 0) is 9.59 Å². The van der Waals surface area contributed by atoms with Crippen LogP contribution in [-0.4, -0.2) is 42.4 Å². The number of hydrogen-bond acceptors (Lipinski definition) is 5. The van der Waals surface area contributed by atoms with Crippen LogP contribution >= 0.6 is 11.8 Å². The van der Waals surface area contributed by atoms with Crippen molar-refractivity contribution in [2.24, 2.45) is 4.99 Å². The second-order valence-electron chi connectivity index (χ2n) is 4.86. The van der Waals surface area contributed by atoms with Crippen LogP contribution in [0.1, 0.15) is 20.3 Å². The van der Waals surface area contributed by atoms with Crippen LogP contribution < -0.4 is 15.0 Å². The van der Waals surface area contributed by atoms with E-state index in [2.05, 4.69) is 10.3 Å². The number of nitrogens with one attached hydrogen (secondary N) is 1. The first-order chi connectivity index (χ1) is 11.1. The Kier molecular flexibility index (Phi) is 6.04. The van der Waals surface area contributed by atoms with E-state index < -0.39 is 5.25 Å². The third-order valence-electron chi connectivity index (χ3n) is 3.31. The number of amidine groups is 1. The van der Waals surface area contributed by atoms with Crippen molar-refractivity contribution in [1.82, 2.24) is 5.32 Å². The number of aliphatic imine (C=N–C) groups is 1. The van der Waals surface area contributed by atoms with E-state index in [1.807, 2.05) is 13.8 Å². The fraction of sp³-hybridized carbons (Fsp3) is 0.438. The molecule has 0 spiro atoms. The third kappa shape index (κ3) is 3.85. The number of hydrogen-bond donors (Lipinski definition) is 1. The van der Waals surface area contributed by atoms with E-state index in [0.717, 1.165) is 6.54 Å². The van der Waals surface area contributed by atoms with Crippen molar-refractivity contribution in [3.8, 4) is 5.75 Å². The molecular formula is C16H21N3O3S. The SMILES string of the molecule is CCN=C(NCC)S[C@H]1CC(=O)N(c2ccccc2OC)C1=O. The van der Waals surface area contributed by atoms with Gasteiger partial charge in [0.05, 0.1) is 12.8 Å². The molecule has 0 saturated carbocycles.